The molecule has 1 rings (SSSR count). The minimum atomic E-state index is -4.43. The van der Waals surface area contributed by atoms with Gasteiger partial charge in [-0.15, -0.1) is 3.89 Å². The van der Waals surface area contributed by atoms with Crippen molar-refractivity contribution in [2.75, 3.05) is 52.4 Å². The summed E-state index contributed by atoms with van der Waals surface area (Å²) in [6, 6.07) is 0. The topological polar surface area (TPSA) is 71.1 Å². The Morgan fingerprint density at radius 3 is 1.26 bits per heavy atom. The van der Waals surface area contributed by atoms with Crippen LogP contribution in [-0.4, -0.2) is 60.9 Å². The third-order valence-corrected chi connectivity index (χ3v) is 9.42. The molecule has 0 aliphatic carbocycles. The zero-order valence-corrected chi connectivity index (χ0v) is 26.0. The molecule has 0 saturated carbocycles. The van der Waals surface area contributed by atoms with Crippen LogP contribution < -0.4 is 0 Å². The van der Waals surface area contributed by atoms with Crippen LogP contribution >= 0.6 is 0 Å². The summed E-state index contributed by atoms with van der Waals surface area (Å²) in [6.45, 7) is 11.9. The first-order valence-electron chi connectivity index (χ1n) is 15.4. The Kier molecular flexibility index (Phi) is 20.9. The minimum absolute atomic E-state index is 0.251. The summed E-state index contributed by atoms with van der Waals surface area (Å²) in [5, 5.41) is 0. The Morgan fingerprint density at radius 1 is 0.615 bits per heavy atom. The lowest BCUT2D eigenvalue weighted by molar-refractivity contribution is -0.0591. The number of rotatable bonds is 7. The second-order valence-corrected chi connectivity index (χ2v) is 13.4. The van der Waals surface area contributed by atoms with Crippen LogP contribution in [0.15, 0.2) is 0 Å². The Labute approximate surface area is 238 Å². The van der Waals surface area contributed by atoms with E-state index >= 15 is 0 Å². The standard InChI is InChI=1S/C30H58F2O6S/c1-25-11-6-18-35-23-37-20-8-13-27(3)30(16-10-22-39(32,33)34)28(4)14-9-21-38-24-36-19-7-12-26(2)29(25)15-5-17-31/h25-30H,5-24H2,1-4H3. The summed E-state index contributed by atoms with van der Waals surface area (Å²) in [5.41, 5.74) is 0. The lowest BCUT2D eigenvalue weighted by atomic mass is 9.76. The van der Waals surface area contributed by atoms with Crippen molar-refractivity contribution in [1.82, 2.24) is 0 Å². The number of ether oxygens (including phenoxy) is 4. The Morgan fingerprint density at radius 2 is 0.949 bits per heavy atom. The number of halogens is 2. The van der Waals surface area contributed by atoms with E-state index in [1.54, 1.807) is 0 Å². The third kappa shape index (κ3) is 18.7. The predicted octanol–water partition coefficient (Wildman–Crippen LogP) is 7.71. The van der Waals surface area contributed by atoms with E-state index in [1.165, 1.54) is 0 Å². The molecule has 6 nitrogen and oxygen atoms in total. The fraction of sp³-hybridized carbons (Fsp3) is 1.00. The molecule has 4 unspecified atom stereocenters. The van der Waals surface area contributed by atoms with E-state index in [2.05, 4.69) is 27.7 Å². The minimum Gasteiger partial charge on any atom is -0.355 e. The van der Waals surface area contributed by atoms with Crippen molar-refractivity contribution in [3.8, 4) is 0 Å². The highest BCUT2D eigenvalue weighted by atomic mass is 32.3. The van der Waals surface area contributed by atoms with E-state index in [1.807, 2.05) is 0 Å². The summed E-state index contributed by atoms with van der Waals surface area (Å²) >= 11 is 0. The quantitative estimate of drug-likeness (QED) is 0.286. The zero-order valence-electron chi connectivity index (χ0n) is 25.2. The van der Waals surface area contributed by atoms with Crippen molar-refractivity contribution in [3.05, 3.63) is 0 Å². The highest BCUT2D eigenvalue weighted by Gasteiger charge is 2.25. The predicted molar refractivity (Wildman–Crippen MR) is 153 cm³/mol. The van der Waals surface area contributed by atoms with Gasteiger partial charge in [0.2, 0.25) is 0 Å². The highest BCUT2D eigenvalue weighted by molar-refractivity contribution is 7.86. The molecule has 0 radical (unpaired) electrons. The van der Waals surface area contributed by atoms with Gasteiger partial charge in [-0.05, 0) is 113 Å². The first kappa shape index (κ1) is 36.7. The van der Waals surface area contributed by atoms with Gasteiger partial charge in [0.15, 0.2) is 0 Å². The van der Waals surface area contributed by atoms with Gasteiger partial charge in [0, 0.05) is 26.4 Å². The van der Waals surface area contributed by atoms with Crippen LogP contribution in [0.25, 0.3) is 0 Å². The van der Waals surface area contributed by atoms with Crippen molar-refractivity contribution < 1.29 is 35.6 Å². The maximum Gasteiger partial charge on any atom is 0.302 e. The van der Waals surface area contributed by atoms with Crippen molar-refractivity contribution in [2.24, 2.45) is 35.5 Å². The molecule has 0 bridgehead atoms. The van der Waals surface area contributed by atoms with E-state index in [4.69, 9.17) is 18.9 Å². The van der Waals surface area contributed by atoms with Crippen molar-refractivity contribution in [1.29, 1.82) is 0 Å². The van der Waals surface area contributed by atoms with E-state index in [9.17, 15) is 16.7 Å². The fourth-order valence-corrected chi connectivity index (χ4v) is 6.81. The maximum atomic E-state index is 13.1. The summed E-state index contributed by atoms with van der Waals surface area (Å²) in [7, 11) is -4.43. The van der Waals surface area contributed by atoms with Gasteiger partial charge >= 0.3 is 10.2 Å². The van der Waals surface area contributed by atoms with Crippen LogP contribution in [-0.2, 0) is 29.2 Å². The third-order valence-electron chi connectivity index (χ3n) is 8.65. The second-order valence-electron chi connectivity index (χ2n) is 11.9. The van der Waals surface area contributed by atoms with E-state index in [-0.39, 0.29) is 6.67 Å². The van der Waals surface area contributed by atoms with Crippen LogP contribution in [0.2, 0.25) is 0 Å². The van der Waals surface area contributed by atoms with Gasteiger partial charge in [-0.1, -0.05) is 27.7 Å². The van der Waals surface area contributed by atoms with Gasteiger partial charge in [0.05, 0.1) is 12.4 Å². The summed E-state index contributed by atoms with van der Waals surface area (Å²) in [4.78, 5) is 0. The first-order valence-corrected chi connectivity index (χ1v) is 17.0. The monoisotopic (exact) mass is 584 g/mol. The van der Waals surface area contributed by atoms with Crippen LogP contribution in [0.1, 0.15) is 105 Å². The van der Waals surface area contributed by atoms with Crippen LogP contribution in [0.5, 0.6) is 0 Å². The molecule has 9 heteroatoms. The lowest BCUT2D eigenvalue weighted by Gasteiger charge is -2.30. The van der Waals surface area contributed by atoms with E-state index < -0.39 is 16.0 Å². The number of hydrogen-bond acceptors (Lipinski definition) is 6. The van der Waals surface area contributed by atoms with Crippen molar-refractivity contribution in [3.63, 3.8) is 0 Å². The van der Waals surface area contributed by atoms with Crippen molar-refractivity contribution in [2.45, 2.75) is 105 Å². The zero-order chi connectivity index (χ0) is 28.9. The average molecular weight is 585 g/mol. The molecule has 1 saturated heterocycles. The first-order chi connectivity index (χ1) is 18.7. The van der Waals surface area contributed by atoms with Crippen LogP contribution in [0, 0.1) is 35.5 Å². The van der Waals surface area contributed by atoms with E-state index in [0.717, 1.165) is 57.8 Å². The average Bonchev–Trinajstić information content (AvgIpc) is 2.88. The number of alkyl halides is 1. The molecule has 39 heavy (non-hydrogen) atoms. The molecule has 4 atom stereocenters. The largest absolute Gasteiger partial charge is 0.355 e. The Bertz CT molecular complexity index is 646. The van der Waals surface area contributed by atoms with Crippen LogP contribution in [0.3, 0.4) is 0 Å². The molecule has 0 aromatic carbocycles. The normalized spacial score (nSPS) is 31.3. The lowest BCUT2D eigenvalue weighted by Crippen LogP contribution is -2.22. The van der Waals surface area contributed by atoms with Crippen molar-refractivity contribution >= 4 is 10.2 Å². The molecule has 0 N–H and O–H groups in total. The molecule has 0 amide bonds. The summed E-state index contributed by atoms with van der Waals surface area (Å²) in [6.07, 6.45) is 10.4. The fourth-order valence-electron chi connectivity index (χ4n) is 6.30. The molecule has 234 valence electrons. The smallest absolute Gasteiger partial charge is 0.302 e. The maximum absolute atomic E-state index is 13.1. The van der Waals surface area contributed by atoms with Gasteiger partial charge in [-0.2, -0.15) is 8.42 Å². The molecular weight excluding hydrogens is 526 g/mol. The Balaban J connectivity index is 2.63. The molecular formula is C30H58F2O6S. The molecule has 0 aromatic heterocycles. The van der Waals surface area contributed by atoms with Gasteiger partial charge in [-0.3, -0.25) is 4.39 Å². The molecule has 0 aromatic rings. The molecule has 1 fully saturated rings. The molecule has 1 aliphatic rings. The van der Waals surface area contributed by atoms with Gasteiger partial charge in [-0.25, -0.2) is 0 Å². The summed E-state index contributed by atoms with van der Waals surface area (Å²) in [5.74, 6) is 2.24. The number of hydrogen-bond donors (Lipinski definition) is 0. The Hall–Kier alpha value is -0.350. The van der Waals surface area contributed by atoms with Gasteiger partial charge in [0.25, 0.3) is 0 Å². The van der Waals surface area contributed by atoms with E-state index in [0.29, 0.717) is 94.8 Å². The molecule has 1 aliphatic heterocycles. The molecule has 1 heterocycles. The van der Waals surface area contributed by atoms with Gasteiger partial charge in [0.1, 0.15) is 13.6 Å². The highest BCUT2D eigenvalue weighted by Crippen LogP contribution is 2.33. The summed E-state index contributed by atoms with van der Waals surface area (Å²) < 4.78 is 70.8. The molecule has 0 spiro atoms. The van der Waals surface area contributed by atoms with Gasteiger partial charge < -0.3 is 18.9 Å². The SMILES string of the molecule is CC1CCCOCOCCCC(C)C(CCCS(=O)(=O)F)C(C)CCCOCOCCCC(C)C1CCCF. The second kappa shape index (κ2) is 22.3. The van der Waals surface area contributed by atoms with Crippen LogP contribution in [0.4, 0.5) is 8.28 Å².